The van der Waals surface area contributed by atoms with E-state index in [-0.39, 0.29) is 12.5 Å². The van der Waals surface area contributed by atoms with Crippen molar-refractivity contribution in [1.29, 1.82) is 0 Å². The molecule has 0 aliphatic rings. The Hall–Kier alpha value is -1.91. The molecule has 0 bridgehead atoms. The summed E-state index contributed by atoms with van der Waals surface area (Å²) in [6.45, 7) is 2.99. The predicted molar refractivity (Wildman–Crippen MR) is 100 cm³/mol. The van der Waals surface area contributed by atoms with Gasteiger partial charge in [0.1, 0.15) is 5.75 Å². The fourth-order valence-electron chi connectivity index (χ4n) is 1.96. The maximum atomic E-state index is 11.9. The van der Waals surface area contributed by atoms with Crippen LogP contribution in [0.2, 0.25) is 10.0 Å². The number of benzene rings is 2. The van der Waals surface area contributed by atoms with Crippen LogP contribution in [0.5, 0.6) is 5.75 Å². The van der Waals surface area contributed by atoms with Crippen LogP contribution in [-0.2, 0) is 4.79 Å². The Morgan fingerprint density at radius 3 is 2.42 bits per heavy atom. The van der Waals surface area contributed by atoms with Crippen molar-refractivity contribution in [2.45, 2.75) is 19.8 Å². The first-order chi connectivity index (χ1) is 11.6. The average molecular weight is 367 g/mol. The van der Waals surface area contributed by atoms with E-state index in [1.807, 2.05) is 24.3 Å². The molecule has 0 aliphatic heterocycles. The minimum atomic E-state index is -0.170. The molecule has 1 amide bonds. The number of ether oxygens (including phenoxy) is 1. The molecule has 0 saturated carbocycles. The van der Waals surface area contributed by atoms with E-state index >= 15 is 0 Å². The minimum absolute atomic E-state index is 0.149. The van der Waals surface area contributed by atoms with Gasteiger partial charge in [-0.2, -0.15) is 0 Å². The maximum absolute atomic E-state index is 11.9. The Morgan fingerprint density at radius 1 is 1.04 bits per heavy atom. The topological polar surface area (TPSA) is 50.4 Å². The summed E-state index contributed by atoms with van der Waals surface area (Å²) in [7, 11) is 0. The smallest absolute Gasteiger partial charge is 0.243 e. The lowest BCUT2D eigenvalue weighted by molar-refractivity contribution is -0.114. The SMILES string of the molecule is CCCCOc1ccc(NCC(=O)Nc2ccc(Cl)c(Cl)c2)cc1. The molecule has 0 atom stereocenters. The zero-order valence-electron chi connectivity index (χ0n) is 13.4. The van der Waals surface area contributed by atoms with Gasteiger partial charge in [-0.15, -0.1) is 0 Å². The van der Waals surface area contributed by atoms with E-state index in [1.54, 1.807) is 18.2 Å². The fraction of sp³-hybridized carbons (Fsp3) is 0.278. The predicted octanol–water partition coefficient (Wildman–Crippen LogP) is 5.22. The lowest BCUT2D eigenvalue weighted by atomic mass is 10.3. The lowest BCUT2D eigenvalue weighted by Gasteiger charge is -2.10. The number of unbranched alkanes of at least 4 members (excludes halogenated alkanes) is 1. The van der Waals surface area contributed by atoms with Gasteiger partial charge < -0.3 is 15.4 Å². The summed E-state index contributed by atoms with van der Waals surface area (Å²) in [6.07, 6.45) is 2.14. The van der Waals surface area contributed by atoms with Gasteiger partial charge in [0, 0.05) is 11.4 Å². The van der Waals surface area contributed by atoms with Crippen molar-refractivity contribution >= 4 is 40.5 Å². The monoisotopic (exact) mass is 366 g/mol. The second-order valence-electron chi connectivity index (χ2n) is 5.26. The number of carbonyl (C=O) groups is 1. The number of halogens is 2. The largest absolute Gasteiger partial charge is 0.494 e. The molecule has 6 heteroatoms. The van der Waals surface area contributed by atoms with Gasteiger partial charge in [-0.25, -0.2) is 0 Å². The van der Waals surface area contributed by atoms with Crippen LogP contribution >= 0.6 is 23.2 Å². The molecule has 0 unspecified atom stereocenters. The molecule has 0 aliphatic carbocycles. The lowest BCUT2D eigenvalue weighted by Crippen LogP contribution is -2.21. The zero-order valence-corrected chi connectivity index (χ0v) is 15.0. The van der Waals surface area contributed by atoms with E-state index < -0.39 is 0 Å². The third-order valence-corrected chi connectivity index (χ3v) is 4.02. The summed E-state index contributed by atoms with van der Waals surface area (Å²) < 4.78 is 5.60. The summed E-state index contributed by atoms with van der Waals surface area (Å²) >= 11 is 11.8. The van der Waals surface area contributed by atoms with Crippen LogP contribution in [0.3, 0.4) is 0 Å². The number of hydrogen-bond donors (Lipinski definition) is 2. The summed E-state index contributed by atoms with van der Waals surface area (Å²) in [5.41, 5.74) is 1.46. The van der Waals surface area contributed by atoms with Crippen molar-refractivity contribution in [2.75, 3.05) is 23.8 Å². The number of amides is 1. The Labute approximate surface area is 152 Å². The van der Waals surface area contributed by atoms with Crippen molar-refractivity contribution in [2.24, 2.45) is 0 Å². The Bertz CT molecular complexity index is 675. The molecule has 4 nitrogen and oxygen atoms in total. The highest BCUT2D eigenvalue weighted by Gasteiger charge is 2.05. The van der Waals surface area contributed by atoms with Gasteiger partial charge in [-0.05, 0) is 48.9 Å². The van der Waals surface area contributed by atoms with Crippen LogP contribution in [-0.4, -0.2) is 19.1 Å². The van der Waals surface area contributed by atoms with E-state index in [0.717, 1.165) is 30.9 Å². The first-order valence-corrected chi connectivity index (χ1v) is 8.55. The Balaban J connectivity index is 1.79. The van der Waals surface area contributed by atoms with Crippen molar-refractivity contribution in [3.05, 3.63) is 52.5 Å². The molecule has 24 heavy (non-hydrogen) atoms. The molecule has 0 aromatic heterocycles. The maximum Gasteiger partial charge on any atom is 0.243 e. The van der Waals surface area contributed by atoms with Gasteiger partial charge in [-0.3, -0.25) is 4.79 Å². The van der Waals surface area contributed by atoms with Gasteiger partial charge in [0.05, 0.1) is 23.2 Å². The Morgan fingerprint density at radius 2 is 1.75 bits per heavy atom. The fourth-order valence-corrected chi connectivity index (χ4v) is 2.26. The Kier molecular flexibility index (Phi) is 7.22. The normalized spacial score (nSPS) is 10.3. The second kappa shape index (κ2) is 9.40. The number of carbonyl (C=O) groups excluding carboxylic acids is 1. The summed E-state index contributed by atoms with van der Waals surface area (Å²) in [6, 6.07) is 12.5. The van der Waals surface area contributed by atoms with Crippen LogP contribution < -0.4 is 15.4 Å². The highest BCUT2D eigenvalue weighted by Crippen LogP contribution is 2.25. The van der Waals surface area contributed by atoms with E-state index in [1.165, 1.54) is 0 Å². The molecule has 128 valence electrons. The molecule has 0 saturated heterocycles. The zero-order chi connectivity index (χ0) is 17.4. The minimum Gasteiger partial charge on any atom is -0.494 e. The molecule has 2 aromatic carbocycles. The third-order valence-electron chi connectivity index (χ3n) is 3.28. The van der Waals surface area contributed by atoms with Crippen molar-refractivity contribution in [3.8, 4) is 5.75 Å². The standard InChI is InChI=1S/C18H20Cl2N2O2/c1-2-3-10-24-15-7-4-13(5-8-15)21-12-18(23)22-14-6-9-16(19)17(20)11-14/h4-9,11,21H,2-3,10,12H2,1H3,(H,22,23). The van der Waals surface area contributed by atoms with Gasteiger partial charge in [0.25, 0.3) is 0 Å². The van der Waals surface area contributed by atoms with E-state index in [4.69, 9.17) is 27.9 Å². The molecule has 0 radical (unpaired) electrons. The number of rotatable bonds is 8. The molecule has 0 spiro atoms. The summed E-state index contributed by atoms with van der Waals surface area (Å²) in [5.74, 6) is 0.658. The molecule has 0 heterocycles. The van der Waals surface area contributed by atoms with E-state index in [9.17, 15) is 4.79 Å². The van der Waals surface area contributed by atoms with Crippen molar-refractivity contribution in [3.63, 3.8) is 0 Å². The first kappa shape index (κ1) is 18.4. The quantitative estimate of drug-likeness (QED) is 0.629. The average Bonchev–Trinajstić information content (AvgIpc) is 2.58. The highest BCUT2D eigenvalue weighted by atomic mass is 35.5. The van der Waals surface area contributed by atoms with Crippen LogP contribution in [0.4, 0.5) is 11.4 Å². The van der Waals surface area contributed by atoms with Crippen LogP contribution in [0.1, 0.15) is 19.8 Å². The van der Waals surface area contributed by atoms with Gasteiger partial charge >= 0.3 is 0 Å². The molecule has 2 N–H and O–H groups in total. The van der Waals surface area contributed by atoms with E-state index in [0.29, 0.717) is 15.7 Å². The molecule has 2 rings (SSSR count). The van der Waals surface area contributed by atoms with Crippen LogP contribution in [0, 0.1) is 0 Å². The molecular formula is C18H20Cl2N2O2. The summed E-state index contributed by atoms with van der Waals surface area (Å²) in [4.78, 5) is 11.9. The number of anilines is 2. The van der Waals surface area contributed by atoms with Crippen molar-refractivity contribution in [1.82, 2.24) is 0 Å². The van der Waals surface area contributed by atoms with E-state index in [2.05, 4.69) is 17.6 Å². The second-order valence-corrected chi connectivity index (χ2v) is 6.07. The van der Waals surface area contributed by atoms with Gasteiger partial charge in [0.15, 0.2) is 0 Å². The van der Waals surface area contributed by atoms with Crippen LogP contribution in [0.15, 0.2) is 42.5 Å². The van der Waals surface area contributed by atoms with Gasteiger partial charge in [-0.1, -0.05) is 36.5 Å². The highest BCUT2D eigenvalue weighted by molar-refractivity contribution is 6.42. The molecule has 2 aromatic rings. The first-order valence-electron chi connectivity index (χ1n) is 7.80. The third kappa shape index (κ3) is 5.95. The number of nitrogens with one attached hydrogen (secondary N) is 2. The van der Waals surface area contributed by atoms with Crippen LogP contribution in [0.25, 0.3) is 0 Å². The van der Waals surface area contributed by atoms with Crippen molar-refractivity contribution < 1.29 is 9.53 Å². The molecular weight excluding hydrogens is 347 g/mol. The van der Waals surface area contributed by atoms with Gasteiger partial charge in [0.2, 0.25) is 5.91 Å². The summed E-state index contributed by atoms with van der Waals surface area (Å²) in [5, 5.41) is 6.67. The number of hydrogen-bond acceptors (Lipinski definition) is 3. The molecule has 0 fully saturated rings.